The van der Waals surface area contributed by atoms with Crippen LogP contribution in [0.4, 0.5) is 0 Å². The molecule has 0 saturated heterocycles. The standard InChI is InChI=1S/C18H18ClNO2/c1-12(13-7-9-15(19)10-8-13)20(2)18(21)17-11-14-5-3-4-6-16(14)22-17/h3-10,12,17H,11H2,1-2H3. The Morgan fingerprint density at radius 3 is 2.59 bits per heavy atom. The molecule has 0 fully saturated rings. The van der Waals surface area contributed by atoms with E-state index in [-0.39, 0.29) is 11.9 Å². The molecule has 0 spiro atoms. The molecule has 22 heavy (non-hydrogen) atoms. The number of amides is 1. The van der Waals surface area contributed by atoms with Crippen LogP contribution in [-0.2, 0) is 11.2 Å². The van der Waals surface area contributed by atoms with Crippen molar-refractivity contribution in [1.29, 1.82) is 0 Å². The zero-order valence-electron chi connectivity index (χ0n) is 12.6. The Labute approximate surface area is 135 Å². The molecule has 0 N–H and O–H groups in total. The Morgan fingerprint density at radius 1 is 1.23 bits per heavy atom. The monoisotopic (exact) mass is 315 g/mol. The SMILES string of the molecule is CC(c1ccc(Cl)cc1)N(C)C(=O)C1Cc2ccccc2O1. The Balaban J connectivity index is 1.71. The van der Waals surface area contributed by atoms with Gasteiger partial charge in [-0.2, -0.15) is 0 Å². The number of benzene rings is 2. The lowest BCUT2D eigenvalue weighted by Crippen LogP contribution is -2.40. The van der Waals surface area contributed by atoms with E-state index >= 15 is 0 Å². The van der Waals surface area contributed by atoms with Gasteiger partial charge in [0.2, 0.25) is 0 Å². The molecule has 2 aromatic carbocycles. The maximum absolute atomic E-state index is 12.7. The lowest BCUT2D eigenvalue weighted by atomic mass is 10.1. The van der Waals surface area contributed by atoms with Crippen LogP contribution >= 0.6 is 11.6 Å². The number of nitrogens with zero attached hydrogens (tertiary/aromatic N) is 1. The number of likely N-dealkylation sites (N-methyl/N-ethyl adjacent to an activating group) is 1. The van der Waals surface area contributed by atoms with E-state index in [0.29, 0.717) is 11.4 Å². The fraction of sp³-hybridized carbons (Fsp3) is 0.278. The minimum absolute atomic E-state index is 0.00125. The molecule has 0 aliphatic carbocycles. The highest BCUT2D eigenvalue weighted by Gasteiger charge is 2.32. The van der Waals surface area contributed by atoms with E-state index in [4.69, 9.17) is 16.3 Å². The van der Waals surface area contributed by atoms with Gasteiger partial charge in [0.25, 0.3) is 5.91 Å². The van der Waals surface area contributed by atoms with Crippen LogP contribution in [-0.4, -0.2) is 24.0 Å². The molecule has 2 atom stereocenters. The highest BCUT2D eigenvalue weighted by atomic mass is 35.5. The number of fused-ring (bicyclic) bond motifs is 1. The summed E-state index contributed by atoms with van der Waals surface area (Å²) in [7, 11) is 1.81. The van der Waals surface area contributed by atoms with Crippen molar-refractivity contribution in [2.45, 2.75) is 25.5 Å². The van der Waals surface area contributed by atoms with Crippen LogP contribution < -0.4 is 4.74 Å². The number of carbonyl (C=O) groups is 1. The van der Waals surface area contributed by atoms with Gasteiger partial charge in [-0.25, -0.2) is 0 Å². The Morgan fingerprint density at radius 2 is 1.91 bits per heavy atom. The normalized spacial score (nSPS) is 17.5. The highest BCUT2D eigenvalue weighted by Crippen LogP contribution is 2.30. The van der Waals surface area contributed by atoms with E-state index in [1.807, 2.05) is 62.5 Å². The molecule has 1 heterocycles. The van der Waals surface area contributed by atoms with Crippen molar-refractivity contribution in [2.75, 3.05) is 7.05 Å². The molecular weight excluding hydrogens is 298 g/mol. The summed E-state index contributed by atoms with van der Waals surface area (Å²) in [6.45, 7) is 2.00. The van der Waals surface area contributed by atoms with Gasteiger partial charge in [0.1, 0.15) is 5.75 Å². The van der Waals surface area contributed by atoms with Gasteiger partial charge in [-0.15, -0.1) is 0 Å². The largest absolute Gasteiger partial charge is 0.480 e. The maximum Gasteiger partial charge on any atom is 0.264 e. The van der Waals surface area contributed by atoms with E-state index in [2.05, 4.69) is 0 Å². The summed E-state index contributed by atoms with van der Waals surface area (Å²) in [6, 6.07) is 15.3. The van der Waals surface area contributed by atoms with Crippen molar-refractivity contribution in [2.24, 2.45) is 0 Å². The van der Waals surface area contributed by atoms with E-state index < -0.39 is 6.10 Å². The quantitative estimate of drug-likeness (QED) is 0.860. The van der Waals surface area contributed by atoms with Gasteiger partial charge in [-0.1, -0.05) is 41.9 Å². The van der Waals surface area contributed by atoms with Crippen molar-refractivity contribution >= 4 is 17.5 Å². The van der Waals surface area contributed by atoms with Gasteiger partial charge in [-0.3, -0.25) is 4.79 Å². The maximum atomic E-state index is 12.7. The number of para-hydroxylation sites is 1. The molecule has 1 aliphatic rings. The first-order chi connectivity index (χ1) is 10.6. The first-order valence-corrected chi connectivity index (χ1v) is 7.71. The lowest BCUT2D eigenvalue weighted by molar-refractivity contribution is -0.138. The number of hydrogen-bond donors (Lipinski definition) is 0. The zero-order chi connectivity index (χ0) is 15.7. The number of carbonyl (C=O) groups excluding carboxylic acids is 1. The van der Waals surface area contributed by atoms with E-state index in [9.17, 15) is 4.79 Å². The summed E-state index contributed by atoms with van der Waals surface area (Å²) in [5.74, 6) is 0.812. The second-order valence-corrected chi connectivity index (χ2v) is 6.03. The van der Waals surface area contributed by atoms with Gasteiger partial charge in [0, 0.05) is 18.5 Å². The first kappa shape index (κ1) is 14.9. The van der Waals surface area contributed by atoms with Crippen LogP contribution in [0, 0.1) is 0 Å². The number of halogens is 1. The van der Waals surface area contributed by atoms with Gasteiger partial charge in [0.15, 0.2) is 6.10 Å². The molecule has 3 rings (SSSR count). The van der Waals surface area contributed by atoms with Crippen molar-refractivity contribution < 1.29 is 9.53 Å². The number of rotatable bonds is 3. The summed E-state index contributed by atoms with van der Waals surface area (Å²) >= 11 is 5.91. The fourth-order valence-corrected chi connectivity index (χ4v) is 2.83. The van der Waals surface area contributed by atoms with Crippen molar-refractivity contribution in [3.8, 4) is 5.75 Å². The molecule has 4 heteroatoms. The second-order valence-electron chi connectivity index (χ2n) is 5.60. The zero-order valence-corrected chi connectivity index (χ0v) is 13.4. The first-order valence-electron chi connectivity index (χ1n) is 7.33. The van der Waals surface area contributed by atoms with Gasteiger partial charge < -0.3 is 9.64 Å². The summed E-state index contributed by atoms with van der Waals surface area (Å²) in [6.07, 6.45) is 0.198. The minimum Gasteiger partial charge on any atom is -0.480 e. The minimum atomic E-state index is -0.433. The fourth-order valence-electron chi connectivity index (χ4n) is 2.70. The molecule has 1 aliphatic heterocycles. The van der Waals surface area contributed by atoms with Crippen LogP contribution in [0.1, 0.15) is 24.1 Å². The van der Waals surface area contributed by atoms with Gasteiger partial charge in [-0.05, 0) is 36.2 Å². The highest BCUT2D eigenvalue weighted by molar-refractivity contribution is 6.30. The average molecular weight is 316 g/mol. The molecule has 0 bridgehead atoms. The Kier molecular flexibility index (Phi) is 4.08. The molecule has 2 unspecified atom stereocenters. The van der Waals surface area contributed by atoms with Crippen LogP contribution in [0.2, 0.25) is 5.02 Å². The molecule has 3 nitrogen and oxygen atoms in total. The van der Waals surface area contributed by atoms with Crippen LogP contribution in [0.25, 0.3) is 0 Å². The van der Waals surface area contributed by atoms with Gasteiger partial charge in [0.05, 0.1) is 6.04 Å². The topological polar surface area (TPSA) is 29.5 Å². The van der Waals surface area contributed by atoms with Gasteiger partial charge >= 0.3 is 0 Å². The van der Waals surface area contributed by atoms with Crippen LogP contribution in [0.3, 0.4) is 0 Å². The Hall–Kier alpha value is -2.00. The Bertz CT molecular complexity index is 659. The summed E-state index contributed by atoms with van der Waals surface area (Å²) in [4.78, 5) is 14.4. The summed E-state index contributed by atoms with van der Waals surface area (Å²) in [5.41, 5.74) is 2.14. The second kappa shape index (κ2) is 6.01. The lowest BCUT2D eigenvalue weighted by Gasteiger charge is -2.27. The third kappa shape index (κ3) is 2.81. The molecule has 0 radical (unpaired) electrons. The van der Waals surface area contributed by atoms with Crippen molar-refractivity contribution in [3.05, 3.63) is 64.7 Å². The number of ether oxygens (including phenoxy) is 1. The van der Waals surface area contributed by atoms with E-state index in [1.165, 1.54) is 0 Å². The predicted molar refractivity (Wildman–Crippen MR) is 87.2 cm³/mol. The molecule has 0 saturated carbocycles. The summed E-state index contributed by atoms with van der Waals surface area (Å²) < 4.78 is 5.78. The van der Waals surface area contributed by atoms with Crippen molar-refractivity contribution in [3.63, 3.8) is 0 Å². The number of hydrogen-bond acceptors (Lipinski definition) is 2. The third-order valence-corrected chi connectivity index (χ3v) is 4.46. The molecule has 2 aromatic rings. The average Bonchev–Trinajstić information content (AvgIpc) is 2.97. The summed E-state index contributed by atoms with van der Waals surface area (Å²) in [5, 5.41) is 0.694. The van der Waals surface area contributed by atoms with Crippen LogP contribution in [0.5, 0.6) is 5.75 Å². The van der Waals surface area contributed by atoms with Crippen LogP contribution in [0.15, 0.2) is 48.5 Å². The predicted octanol–water partition coefficient (Wildman–Crippen LogP) is 3.86. The smallest absolute Gasteiger partial charge is 0.264 e. The molecule has 0 aromatic heterocycles. The van der Waals surface area contributed by atoms with E-state index in [0.717, 1.165) is 16.9 Å². The molecule has 1 amide bonds. The van der Waals surface area contributed by atoms with E-state index in [1.54, 1.807) is 4.90 Å². The van der Waals surface area contributed by atoms with Crippen molar-refractivity contribution in [1.82, 2.24) is 4.90 Å². The third-order valence-electron chi connectivity index (χ3n) is 4.20. The molecular formula is C18H18ClNO2. The molecule has 114 valence electrons.